The molecule has 0 saturated carbocycles. The van der Waals surface area contributed by atoms with E-state index in [2.05, 4.69) is 5.32 Å². The zero-order valence-corrected chi connectivity index (χ0v) is 7.93. The lowest BCUT2D eigenvalue weighted by molar-refractivity contribution is -0.141. The number of hydrogen-bond acceptors (Lipinski definition) is 2. The van der Waals surface area contributed by atoms with Crippen molar-refractivity contribution in [2.75, 3.05) is 19.6 Å². The van der Waals surface area contributed by atoms with Gasteiger partial charge in [-0.3, -0.25) is 4.79 Å². The molecule has 0 aromatic carbocycles. The number of nitrogens with one attached hydrogen (secondary N) is 1. The number of carbonyl (C=O) groups is 1. The molecule has 80 valence electrons. The smallest absolute Gasteiger partial charge is 0.251 e. The molecule has 0 radical (unpaired) electrons. The van der Waals surface area contributed by atoms with Gasteiger partial charge in [0.1, 0.15) is 0 Å². The van der Waals surface area contributed by atoms with Gasteiger partial charge in [0.25, 0.3) is 5.92 Å². The molecule has 1 N–H and O–H groups in total. The molecule has 3 nitrogen and oxygen atoms in total. The zero-order valence-electron chi connectivity index (χ0n) is 7.93. The minimum atomic E-state index is -2.57. The van der Waals surface area contributed by atoms with E-state index in [4.69, 9.17) is 0 Å². The van der Waals surface area contributed by atoms with E-state index < -0.39 is 5.92 Å². The molecule has 0 spiro atoms. The van der Waals surface area contributed by atoms with Crippen molar-refractivity contribution in [2.45, 2.75) is 31.2 Å². The Hall–Kier alpha value is -0.710. The van der Waals surface area contributed by atoms with Crippen LogP contribution in [0.2, 0.25) is 0 Å². The molecule has 14 heavy (non-hydrogen) atoms. The van der Waals surface area contributed by atoms with Crippen molar-refractivity contribution >= 4 is 5.91 Å². The molecular weight excluding hydrogens is 190 g/mol. The second-order valence-electron chi connectivity index (χ2n) is 3.98. The lowest BCUT2D eigenvalue weighted by Gasteiger charge is -2.36. The topological polar surface area (TPSA) is 32.3 Å². The fourth-order valence-corrected chi connectivity index (χ4v) is 1.77. The quantitative estimate of drug-likeness (QED) is 0.678. The van der Waals surface area contributed by atoms with Crippen molar-refractivity contribution in [3.8, 4) is 0 Å². The Labute approximate surface area is 81.4 Å². The van der Waals surface area contributed by atoms with Gasteiger partial charge in [0.15, 0.2) is 0 Å². The number of carbonyl (C=O) groups excluding carboxylic acids is 1. The van der Waals surface area contributed by atoms with Gasteiger partial charge in [0, 0.05) is 25.9 Å². The normalized spacial score (nSPS) is 31.0. The Balaban J connectivity index is 1.85. The number of amides is 1. The van der Waals surface area contributed by atoms with E-state index in [9.17, 15) is 13.6 Å². The summed E-state index contributed by atoms with van der Waals surface area (Å²) in [6.07, 6.45) is 0.461. The molecule has 0 aromatic rings. The summed E-state index contributed by atoms with van der Waals surface area (Å²) in [5.74, 6) is -2.57. The molecule has 0 aromatic heterocycles. The molecule has 2 heterocycles. The molecular formula is C9H14F2N2O. The second-order valence-corrected chi connectivity index (χ2v) is 3.98. The number of likely N-dealkylation sites (tertiary alicyclic amines) is 1. The molecule has 2 rings (SSSR count). The van der Waals surface area contributed by atoms with Crippen LogP contribution < -0.4 is 5.32 Å². The van der Waals surface area contributed by atoms with Crippen LogP contribution in [0.5, 0.6) is 0 Å². The fourth-order valence-electron chi connectivity index (χ4n) is 1.77. The van der Waals surface area contributed by atoms with E-state index >= 15 is 0 Å². The molecule has 0 aliphatic carbocycles. The van der Waals surface area contributed by atoms with E-state index in [1.54, 1.807) is 4.90 Å². The van der Waals surface area contributed by atoms with Gasteiger partial charge >= 0.3 is 0 Å². The molecule has 1 unspecified atom stereocenters. The Kier molecular flexibility index (Phi) is 2.43. The predicted octanol–water partition coefficient (Wildman–Crippen LogP) is 0.606. The summed E-state index contributed by atoms with van der Waals surface area (Å²) in [6.45, 7) is 1.26. The van der Waals surface area contributed by atoms with Gasteiger partial charge in [-0.15, -0.1) is 0 Å². The van der Waals surface area contributed by atoms with Crippen LogP contribution in [0.4, 0.5) is 8.78 Å². The SMILES string of the molecule is O=C(C1CCN1)N1CCC(F)(F)CC1. The van der Waals surface area contributed by atoms with Crippen molar-refractivity contribution in [3.63, 3.8) is 0 Å². The molecule has 1 amide bonds. The van der Waals surface area contributed by atoms with E-state index in [0.717, 1.165) is 13.0 Å². The minimum absolute atomic E-state index is 0.00764. The highest BCUT2D eigenvalue weighted by Gasteiger charge is 2.38. The van der Waals surface area contributed by atoms with Crippen molar-refractivity contribution < 1.29 is 13.6 Å². The van der Waals surface area contributed by atoms with Crippen LogP contribution in [0.25, 0.3) is 0 Å². The molecule has 5 heteroatoms. The first-order valence-corrected chi connectivity index (χ1v) is 4.98. The van der Waals surface area contributed by atoms with Gasteiger partial charge in [-0.25, -0.2) is 8.78 Å². The molecule has 2 aliphatic heterocycles. The monoisotopic (exact) mass is 204 g/mol. The van der Waals surface area contributed by atoms with Crippen LogP contribution in [0.15, 0.2) is 0 Å². The standard InChI is InChI=1S/C9H14F2N2O/c10-9(11)2-5-13(6-3-9)8(14)7-1-4-12-7/h7,12H,1-6H2. The average molecular weight is 204 g/mol. The Morgan fingerprint density at radius 2 is 1.93 bits per heavy atom. The largest absolute Gasteiger partial charge is 0.341 e. The van der Waals surface area contributed by atoms with E-state index in [-0.39, 0.29) is 37.9 Å². The van der Waals surface area contributed by atoms with Crippen molar-refractivity contribution in [3.05, 3.63) is 0 Å². The summed E-state index contributed by atoms with van der Waals surface area (Å²) in [6, 6.07) is -0.110. The van der Waals surface area contributed by atoms with Gasteiger partial charge in [0.2, 0.25) is 5.91 Å². The Morgan fingerprint density at radius 3 is 2.36 bits per heavy atom. The van der Waals surface area contributed by atoms with Gasteiger partial charge in [-0.2, -0.15) is 0 Å². The summed E-state index contributed by atoms with van der Waals surface area (Å²) in [4.78, 5) is 13.2. The van der Waals surface area contributed by atoms with Crippen LogP contribution in [-0.4, -0.2) is 42.4 Å². The Morgan fingerprint density at radius 1 is 1.36 bits per heavy atom. The maximum Gasteiger partial charge on any atom is 0.251 e. The predicted molar refractivity (Wildman–Crippen MR) is 47.2 cm³/mol. The first kappa shape index (κ1) is 9.83. The Bertz CT molecular complexity index is 231. The molecule has 2 saturated heterocycles. The van der Waals surface area contributed by atoms with E-state index in [0.29, 0.717) is 0 Å². The molecule has 2 fully saturated rings. The summed E-state index contributed by atoms with van der Waals surface area (Å²) in [5.41, 5.74) is 0. The van der Waals surface area contributed by atoms with Gasteiger partial charge in [-0.05, 0) is 13.0 Å². The highest BCUT2D eigenvalue weighted by molar-refractivity contribution is 5.82. The number of nitrogens with zero attached hydrogens (tertiary/aromatic N) is 1. The fraction of sp³-hybridized carbons (Fsp3) is 0.889. The number of hydrogen-bond donors (Lipinski definition) is 1. The first-order chi connectivity index (χ1) is 6.58. The van der Waals surface area contributed by atoms with Crippen LogP contribution in [0.1, 0.15) is 19.3 Å². The average Bonchev–Trinajstić information content (AvgIpc) is 2.00. The summed E-state index contributed by atoms with van der Waals surface area (Å²) >= 11 is 0. The molecule has 1 atom stereocenters. The van der Waals surface area contributed by atoms with Crippen LogP contribution in [0.3, 0.4) is 0 Å². The van der Waals surface area contributed by atoms with Crippen molar-refractivity contribution in [1.29, 1.82) is 0 Å². The first-order valence-electron chi connectivity index (χ1n) is 4.98. The van der Waals surface area contributed by atoms with Crippen molar-refractivity contribution in [2.24, 2.45) is 0 Å². The van der Waals surface area contributed by atoms with Crippen LogP contribution in [-0.2, 0) is 4.79 Å². The van der Waals surface area contributed by atoms with Crippen molar-refractivity contribution in [1.82, 2.24) is 10.2 Å². The minimum Gasteiger partial charge on any atom is -0.341 e. The van der Waals surface area contributed by atoms with Crippen LogP contribution >= 0.6 is 0 Å². The third-order valence-electron chi connectivity index (χ3n) is 2.93. The third-order valence-corrected chi connectivity index (χ3v) is 2.93. The maximum absolute atomic E-state index is 12.8. The van der Waals surface area contributed by atoms with Gasteiger partial charge < -0.3 is 10.2 Å². The maximum atomic E-state index is 12.8. The highest BCUT2D eigenvalue weighted by atomic mass is 19.3. The van der Waals surface area contributed by atoms with Gasteiger partial charge in [-0.1, -0.05) is 0 Å². The lowest BCUT2D eigenvalue weighted by atomic mass is 10.0. The number of piperidine rings is 1. The number of alkyl halides is 2. The lowest BCUT2D eigenvalue weighted by Crippen LogP contribution is -2.56. The second kappa shape index (κ2) is 3.46. The number of halogens is 2. The highest BCUT2D eigenvalue weighted by Crippen LogP contribution is 2.28. The van der Waals surface area contributed by atoms with E-state index in [1.165, 1.54) is 0 Å². The van der Waals surface area contributed by atoms with Gasteiger partial charge in [0.05, 0.1) is 6.04 Å². The summed E-state index contributed by atoms with van der Waals surface area (Å²) in [7, 11) is 0. The summed E-state index contributed by atoms with van der Waals surface area (Å²) < 4.78 is 25.6. The molecule has 2 aliphatic rings. The van der Waals surface area contributed by atoms with E-state index in [1.807, 2.05) is 0 Å². The zero-order chi connectivity index (χ0) is 10.2. The number of rotatable bonds is 1. The van der Waals surface area contributed by atoms with Crippen LogP contribution in [0, 0.1) is 0 Å². The molecule has 0 bridgehead atoms. The third kappa shape index (κ3) is 1.87. The summed E-state index contributed by atoms with van der Waals surface area (Å²) in [5, 5.41) is 2.98.